The molecule has 0 spiro atoms. The molecule has 1 N–H and O–H groups in total. The van der Waals surface area contributed by atoms with Gasteiger partial charge in [-0.3, -0.25) is 4.79 Å². The van der Waals surface area contributed by atoms with Crippen molar-refractivity contribution in [3.05, 3.63) is 66.0 Å². The third-order valence-corrected chi connectivity index (χ3v) is 6.92. The topological polar surface area (TPSA) is 92.8 Å². The minimum Gasteiger partial charge on any atom is -0.356 e. The normalized spacial score (nSPS) is 27.0. The molecule has 7 nitrogen and oxygen atoms in total. The average Bonchev–Trinajstić information content (AvgIpc) is 3.35. The van der Waals surface area contributed by atoms with Gasteiger partial charge in [-0.25, -0.2) is 14.5 Å². The molecule has 2 aliphatic heterocycles. The molecule has 7 heteroatoms. The highest BCUT2D eigenvalue weighted by Crippen LogP contribution is 2.45. The number of hydrogen-bond donors (Lipinski definition) is 1. The molecule has 1 aliphatic carbocycles. The molecule has 0 saturated carbocycles. The SMILES string of the molecule is CC1(C)CC=C(c2nc(C3=C[C@@]4(C)C=C[C@@](C)(C3)O4)ccc2NC(=O)c2nccn2C#N)CC1. The molecule has 0 aromatic carbocycles. The molecule has 5 rings (SSSR count). The fourth-order valence-electron chi connectivity index (χ4n) is 5.03. The molecule has 174 valence electrons. The maximum atomic E-state index is 12.9. The van der Waals surface area contributed by atoms with Crippen LogP contribution in [0.5, 0.6) is 0 Å². The molecule has 2 aromatic rings. The molecular weight excluding hydrogens is 426 g/mol. The molecule has 34 heavy (non-hydrogen) atoms. The van der Waals surface area contributed by atoms with Crippen molar-refractivity contribution >= 4 is 22.7 Å². The van der Waals surface area contributed by atoms with Gasteiger partial charge in [0.2, 0.25) is 5.82 Å². The van der Waals surface area contributed by atoms with Crippen LogP contribution >= 0.6 is 0 Å². The Morgan fingerprint density at radius 3 is 2.74 bits per heavy atom. The number of pyridine rings is 1. The molecule has 0 unspecified atom stereocenters. The van der Waals surface area contributed by atoms with E-state index in [0.29, 0.717) is 5.69 Å². The number of fused-ring (bicyclic) bond motifs is 2. The van der Waals surface area contributed by atoms with E-state index in [9.17, 15) is 10.1 Å². The first-order chi connectivity index (χ1) is 16.1. The van der Waals surface area contributed by atoms with Crippen molar-refractivity contribution in [3.63, 3.8) is 0 Å². The lowest BCUT2D eigenvalue weighted by atomic mass is 9.77. The lowest BCUT2D eigenvalue weighted by Gasteiger charge is -2.35. The fourth-order valence-corrected chi connectivity index (χ4v) is 5.03. The van der Waals surface area contributed by atoms with Crippen LogP contribution in [-0.4, -0.2) is 31.6 Å². The van der Waals surface area contributed by atoms with Crippen LogP contribution in [0.3, 0.4) is 0 Å². The molecule has 0 saturated heterocycles. The zero-order valence-corrected chi connectivity index (χ0v) is 20.1. The summed E-state index contributed by atoms with van der Waals surface area (Å²) in [6, 6.07) is 3.86. The minimum absolute atomic E-state index is 0.0481. The fraction of sp³-hybridized carbons (Fsp3) is 0.407. The minimum atomic E-state index is -0.438. The number of allylic oxidation sites excluding steroid dienone is 2. The van der Waals surface area contributed by atoms with Crippen LogP contribution in [0.15, 0.2) is 48.8 Å². The van der Waals surface area contributed by atoms with E-state index < -0.39 is 11.5 Å². The van der Waals surface area contributed by atoms with E-state index in [0.717, 1.165) is 52.8 Å². The number of nitrogens with one attached hydrogen (secondary N) is 1. The highest BCUT2D eigenvalue weighted by molar-refractivity contribution is 6.03. The second kappa shape index (κ2) is 7.78. The number of amides is 1. The molecular formula is C27H29N5O2. The van der Waals surface area contributed by atoms with E-state index in [1.54, 1.807) is 0 Å². The van der Waals surface area contributed by atoms with Crippen LogP contribution in [0.2, 0.25) is 0 Å². The predicted molar refractivity (Wildman–Crippen MR) is 131 cm³/mol. The van der Waals surface area contributed by atoms with E-state index in [2.05, 4.69) is 62.3 Å². The largest absolute Gasteiger partial charge is 0.356 e. The predicted octanol–water partition coefficient (Wildman–Crippen LogP) is 5.34. The Bertz CT molecular complexity index is 1310. The van der Waals surface area contributed by atoms with E-state index in [4.69, 9.17) is 9.72 Å². The Kier molecular flexibility index (Phi) is 5.10. The Hall–Kier alpha value is -3.50. The van der Waals surface area contributed by atoms with Gasteiger partial charge < -0.3 is 10.1 Å². The number of imidazole rings is 1. The van der Waals surface area contributed by atoms with E-state index in [-0.39, 0.29) is 16.8 Å². The Morgan fingerprint density at radius 1 is 1.21 bits per heavy atom. The number of ether oxygens (including phenoxy) is 1. The number of carbonyl (C=O) groups is 1. The van der Waals surface area contributed by atoms with Crippen molar-refractivity contribution in [1.82, 2.24) is 14.5 Å². The van der Waals surface area contributed by atoms with Crippen molar-refractivity contribution in [2.75, 3.05) is 5.32 Å². The lowest BCUT2D eigenvalue weighted by Crippen LogP contribution is -2.35. The lowest BCUT2D eigenvalue weighted by molar-refractivity contribution is -0.0473. The van der Waals surface area contributed by atoms with Gasteiger partial charge >= 0.3 is 0 Å². The first-order valence-corrected chi connectivity index (χ1v) is 11.7. The maximum Gasteiger partial charge on any atom is 0.292 e. The van der Waals surface area contributed by atoms with Crippen LogP contribution in [-0.2, 0) is 4.74 Å². The highest BCUT2D eigenvalue weighted by atomic mass is 16.5. The summed E-state index contributed by atoms with van der Waals surface area (Å²) in [5, 5.41) is 12.2. The van der Waals surface area contributed by atoms with E-state index in [1.165, 1.54) is 12.4 Å². The number of hydrogen-bond acceptors (Lipinski definition) is 5. The van der Waals surface area contributed by atoms with Gasteiger partial charge in [-0.1, -0.05) is 32.1 Å². The van der Waals surface area contributed by atoms with Crippen LogP contribution in [0.25, 0.3) is 11.1 Å². The van der Waals surface area contributed by atoms with Crippen LogP contribution < -0.4 is 5.32 Å². The first-order valence-electron chi connectivity index (χ1n) is 11.7. The van der Waals surface area contributed by atoms with Gasteiger partial charge in [0.25, 0.3) is 5.91 Å². The number of rotatable bonds is 4. The average molecular weight is 456 g/mol. The molecule has 3 aliphatic rings. The number of carbonyl (C=O) groups excluding carboxylic acids is 1. The molecule has 0 fully saturated rings. The smallest absolute Gasteiger partial charge is 0.292 e. The number of nitrogens with zero attached hydrogens (tertiary/aromatic N) is 4. The van der Waals surface area contributed by atoms with E-state index >= 15 is 0 Å². The molecule has 2 bridgehead atoms. The monoisotopic (exact) mass is 455 g/mol. The van der Waals surface area contributed by atoms with Crippen molar-refractivity contribution in [3.8, 4) is 6.19 Å². The third kappa shape index (κ3) is 4.10. The summed E-state index contributed by atoms with van der Waals surface area (Å²) in [6.07, 6.45) is 17.1. The van der Waals surface area contributed by atoms with Gasteiger partial charge in [-0.2, -0.15) is 5.26 Å². The van der Waals surface area contributed by atoms with Gasteiger partial charge in [-0.15, -0.1) is 0 Å². The summed E-state index contributed by atoms with van der Waals surface area (Å²) in [7, 11) is 0. The van der Waals surface area contributed by atoms with E-state index in [1.807, 2.05) is 18.3 Å². The summed E-state index contributed by atoms with van der Waals surface area (Å²) in [5.74, 6) is -0.390. The molecule has 0 radical (unpaired) electrons. The molecule has 4 heterocycles. The summed E-state index contributed by atoms with van der Waals surface area (Å²) in [5.41, 5.74) is 4.04. The summed E-state index contributed by atoms with van der Waals surface area (Å²) in [4.78, 5) is 22.0. The summed E-state index contributed by atoms with van der Waals surface area (Å²) >= 11 is 0. The second-order valence-electron chi connectivity index (χ2n) is 10.6. The van der Waals surface area contributed by atoms with Crippen molar-refractivity contribution < 1.29 is 9.53 Å². The number of aromatic nitrogens is 3. The Labute approximate surface area is 199 Å². The number of anilines is 1. The van der Waals surface area contributed by atoms with Crippen LogP contribution in [0.1, 0.15) is 75.4 Å². The second-order valence-corrected chi connectivity index (χ2v) is 10.6. The molecule has 1 amide bonds. The molecule has 2 aromatic heterocycles. The van der Waals surface area contributed by atoms with Gasteiger partial charge in [0.1, 0.15) is 5.60 Å². The zero-order valence-electron chi connectivity index (χ0n) is 20.1. The maximum absolute atomic E-state index is 12.9. The Balaban J connectivity index is 1.53. The summed E-state index contributed by atoms with van der Waals surface area (Å²) in [6.45, 7) is 8.70. The van der Waals surface area contributed by atoms with Crippen LogP contribution in [0, 0.1) is 16.9 Å². The Morgan fingerprint density at radius 2 is 2.03 bits per heavy atom. The van der Waals surface area contributed by atoms with Gasteiger partial charge in [0, 0.05) is 18.8 Å². The van der Waals surface area contributed by atoms with Gasteiger partial charge in [0.15, 0.2) is 6.19 Å². The van der Waals surface area contributed by atoms with Crippen molar-refractivity contribution in [1.29, 1.82) is 5.26 Å². The highest BCUT2D eigenvalue weighted by Gasteiger charge is 2.42. The quantitative estimate of drug-likeness (QED) is 0.628. The zero-order chi connectivity index (χ0) is 24.1. The van der Waals surface area contributed by atoms with Crippen LogP contribution in [0.4, 0.5) is 5.69 Å². The third-order valence-electron chi connectivity index (χ3n) is 6.92. The standard InChI is InChI=1S/C27H29N5O2/c1-25(2)9-7-18(8-10-25)22-21(31-24(33)23-29-13-14-32(23)17-28)6-5-20(30-22)19-15-26(3)11-12-27(4,16-19)34-26/h5-7,11-15H,8-10,16H2,1-4H3,(H,31,33)/t26-,27+/m1/s1. The summed E-state index contributed by atoms with van der Waals surface area (Å²) < 4.78 is 7.36. The first kappa shape index (κ1) is 22.3. The van der Waals surface area contributed by atoms with Gasteiger partial charge in [-0.05, 0) is 67.9 Å². The number of nitriles is 1. The van der Waals surface area contributed by atoms with Crippen molar-refractivity contribution in [2.24, 2.45) is 5.41 Å². The van der Waals surface area contributed by atoms with Crippen molar-refractivity contribution in [2.45, 2.75) is 64.6 Å². The molecule has 2 atom stereocenters. The van der Waals surface area contributed by atoms with Gasteiger partial charge in [0.05, 0.1) is 22.7 Å².